The monoisotopic (exact) mass is 470 g/mol. The fraction of sp³-hybridized carbons (Fsp3) is 0. The minimum atomic E-state index is -4.01. The first-order chi connectivity index (χ1) is 14.9. The standard InChI is InChI=1S/C22H15ClN2O4S2/c23-16-10-12-17(13-11-16)24-22-25-21(26)20(30-22)14-15-6-4-5-9-19(15)29-31(27,28)18-7-2-1-3-8-18/h1-14H,(H,24,25,26)/b20-14-. The topological polar surface area (TPSA) is 84.8 Å². The molecule has 156 valence electrons. The predicted molar refractivity (Wildman–Crippen MR) is 123 cm³/mol. The molecule has 6 nitrogen and oxygen atoms in total. The highest BCUT2D eigenvalue weighted by Crippen LogP contribution is 2.31. The third kappa shape index (κ3) is 5.16. The number of nitrogens with zero attached hydrogens (tertiary/aromatic N) is 1. The average Bonchev–Trinajstić information content (AvgIpc) is 3.10. The number of hydrogen-bond donors (Lipinski definition) is 1. The number of carbonyl (C=O) groups excluding carboxylic acids is 1. The molecule has 0 aliphatic carbocycles. The fourth-order valence-corrected chi connectivity index (χ4v) is 4.62. The number of nitrogens with one attached hydrogen (secondary N) is 1. The summed E-state index contributed by atoms with van der Waals surface area (Å²) in [4.78, 5) is 17.2. The first-order valence-corrected chi connectivity index (χ1v) is 11.6. The number of para-hydroxylation sites is 1. The van der Waals surface area contributed by atoms with E-state index in [4.69, 9.17) is 15.8 Å². The van der Waals surface area contributed by atoms with E-state index in [1.54, 1.807) is 66.7 Å². The van der Waals surface area contributed by atoms with E-state index < -0.39 is 10.1 Å². The van der Waals surface area contributed by atoms with Gasteiger partial charge < -0.3 is 9.50 Å². The Bertz CT molecular complexity index is 1290. The number of thioether (sulfide) groups is 1. The summed E-state index contributed by atoms with van der Waals surface area (Å²) in [7, 11) is -4.01. The van der Waals surface area contributed by atoms with Crippen molar-refractivity contribution in [1.29, 1.82) is 0 Å². The lowest BCUT2D eigenvalue weighted by Crippen LogP contribution is -2.19. The maximum Gasteiger partial charge on any atom is 0.339 e. The van der Waals surface area contributed by atoms with Crippen LogP contribution in [0, 0.1) is 0 Å². The molecule has 31 heavy (non-hydrogen) atoms. The van der Waals surface area contributed by atoms with Crippen LogP contribution >= 0.6 is 23.4 Å². The summed E-state index contributed by atoms with van der Waals surface area (Å²) in [5.74, 6) is -0.214. The van der Waals surface area contributed by atoms with Crippen LogP contribution in [0.15, 0.2) is 93.7 Å². The zero-order chi connectivity index (χ0) is 21.8. The summed E-state index contributed by atoms with van der Waals surface area (Å²) in [6.07, 6.45) is 1.57. The van der Waals surface area contributed by atoms with Crippen molar-refractivity contribution in [3.8, 4) is 5.75 Å². The zero-order valence-electron chi connectivity index (χ0n) is 15.9. The molecule has 0 radical (unpaired) electrons. The average molecular weight is 471 g/mol. The van der Waals surface area contributed by atoms with E-state index in [9.17, 15) is 13.2 Å². The lowest BCUT2D eigenvalue weighted by atomic mass is 10.2. The molecule has 0 bridgehead atoms. The molecule has 3 aromatic carbocycles. The van der Waals surface area contributed by atoms with Crippen molar-refractivity contribution in [2.24, 2.45) is 4.99 Å². The highest BCUT2D eigenvalue weighted by atomic mass is 35.5. The lowest BCUT2D eigenvalue weighted by Gasteiger charge is -2.09. The summed E-state index contributed by atoms with van der Waals surface area (Å²) >= 11 is 7.03. The molecule has 0 aromatic heterocycles. The lowest BCUT2D eigenvalue weighted by molar-refractivity contribution is -0.115. The number of rotatable bonds is 5. The number of benzene rings is 3. The van der Waals surface area contributed by atoms with Gasteiger partial charge in [0.1, 0.15) is 10.6 Å². The molecule has 1 aliphatic heterocycles. The summed E-state index contributed by atoms with van der Waals surface area (Å²) in [5.41, 5.74) is 1.10. The third-order valence-corrected chi connectivity index (χ3v) is 6.56. The molecule has 1 fully saturated rings. The molecule has 0 unspecified atom stereocenters. The van der Waals surface area contributed by atoms with Crippen LogP contribution in [0.25, 0.3) is 6.08 Å². The van der Waals surface area contributed by atoms with Gasteiger partial charge in [-0.25, -0.2) is 4.99 Å². The number of amidine groups is 1. The molecule has 1 aliphatic rings. The van der Waals surface area contributed by atoms with Crippen LogP contribution in [-0.2, 0) is 14.9 Å². The van der Waals surface area contributed by atoms with E-state index in [1.165, 1.54) is 18.2 Å². The minimum Gasteiger partial charge on any atom is -0.378 e. The van der Waals surface area contributed by atoms with Gasteiger partial charge in [-0.05, 0) is 60.3 Å². The van der Waals surface area contributed by atoms with Crippen molar-refractivity contribution in [2.45, 2.75) is 4.90 Å². The van der Waals surface area contributed by atoms with Crippen LogP contribution in [0.1, 0.15) is 5.56 Å². The maximum absolute atomic E-state index is 12.6. The van der Waals surface area contributed by atoms with Crippen molar-refractivity contribution in [3.05, 3.63) is 94.4 Å². The quantitative estimate of drug-likeness (QED) is 0.419. The van der Waals surface area contributed by atoms with Crippen molar-refractivity contribution >= 4 is 56.3 Å². The number of halogens is 1. The van der Waals surface area contributed by atoms with Crippen LogP contribution in [0.5, 0.6) is 5.75 Å². The third-order valence-electron chi connectivity index (χ3n) is 4.15. The molecule has 1 N–H and O–H groups in total. The van der Waals surface area contributed by atoms with Crippen molar-refractivity contribution < 1.29 is 17.4 Å². The second-order valence-electron chi connectivity index (χ2n) is 6.35. The van der Waals surface area contributed by atoms with E-state index in [1.807, 2.05) is 0 Å². The normalized spacial score (nSPS) is 16.5. The number of carbonyl (C=O) groups is 1. The van der Waals surface area contributed by atoms with E-state index >= 15 is 0 Å². The van der Waals surface area contributed by atoms with Crippen LogP contribution < -0.4 is 9.50 Å². The SMILES string of the molecule is O=C1NC(=Nc2ccc(Cl)cc2)S/C1=C\c1ccccc1OS(=O)(=O)c1ccccc1. The van der Waals surface area contributed by atoms with E-state index in [2.05, 4.69) is 10.3 Å². The van der Waals surface area contributed by atoms with Gasteiger partial charge in [-0.2, -0.15) is 8.42 Å². The Morgan fingerprint density at radius 1 is 0.935 bits per heavy atom. The Labute approximate surface area is 188 Å². The Hall–Kier alpha value is -3.07. The van der Waals surface area contributed by atoms with Gasteiger partial charge in [0, 0.05) is 10.6 Å². The highest BCUT2D eigenvalue weighted by molar-refractivity contribution is 8.18. The summed E-state index contributed by atoms with van der Waals surface area (Å²) in [5, 5.41) is 3.70. The Balaban J connectivity index is 1.59. The summed E-state index contributed by atoms with van der Waals surface area (Å²) in [6.45, 7) is 0. The number of aliphatic imine (C=N–C) groups is 1. The van der Waals surface area contributed by atoms with Crippen molar-refractivity contribution in [3.63, 3.8) is 0 Å². The largest absolute Gasteiger partial charge is 0.378 e. The Morgan fingerprint density at radius 2 is 1.61 bits per heavy atom. The summed E-state index contributed by atoms with van der Waals surface area (Å²) in [6, 6.07) is 21.3. The van der Waals surface area contributed by atoms with Crippen LogP contribution in [-0.4, -0.2) is 19.5 Å². The molecule has 0 spiro atoms. The molecule has 1 heterocycles. The van der Waals surface area contributed by atoms with E-state index in [0.717, 1.165) is 11.8 Å². The Morgan fingerprint density at radius 3 is 2.35 bits per heavy atom. The first kappa shape index (κ1) is 21.2. The second-order valence-corrected chi connectivity index (χ2v) is 9.36. The van der Waals surface area contributed by atoms with Gasteiger partial charge in [0.05, 0.1) is 10.6 Å². The molecule has 0 atom stereocenters. The zero-order valence-corrected chi connectivity index (χ0v) is 18.2. The van der Waals surface area contributed by atoms with E-state index in [0.29, 0.717) is 26.3 Å². The fourth-order valence-electron chi connectivity index (χ4n) is 2.68. The minimum absolute atomic E-state index is 0.0443. The number of amides is 1. The summed E-state index contributed by atoms with van der Waals surface area (Å²) < 4.78 is 30.5. The van der Waals surface area contributed by atoms with Crippen molar-refractivity contribution in [1.82, 2.24) is 5.32 Å². The van der Waals surface area contributed by atoms with Gasteiger partial charge in [-0.1, -0.05) is 48.0 Å². The molecular weight excluding hydrogens is 456 g/mol. The van der Waals surface area contributed by atoms with Crippen LogP contribution in [0.2, 0.25) is 5.02 Å². The van der Waals surface area contributed by atoms with Crippen LogP contribution in [0.3, 0.4) is 0 Å². The molecule has 9 heteroatoms. The maximum atomic E-state index is 12.6. The predicted octanol–water partition coefficient (Wildman–Crippen LogP) is 5.00. The number of hydrogen-bond acceptors (Lipinski definition) is 6. The van der Waals surface area contributed by atoms with Gasteiger partial charge >= 0.3 is 10.1 Å². The van der Waals surface area contributed by atoms with Gasteiger partial charge in [-0.15, -0.1) is 0 Å². The molecular formula is C22H15ClN2O4S2. The molecule has 4 rings (SSSR count). The van der Waals surface area contributed by atoms with Crippen molar-refractivity contribution in [2.75, 3.05) is 0 Å². The smallest absolute Gasteiger partial charge is 0.339 e. The second kappa shape index (κ2) is 8.97. The molecule has 1 saturated heterocycles. The van der Waals surface area contributed by atoms with Gasteiger partial charge in [-0.3, -0.25) is 4.79 Å². The Kier molecular flexibility index (Phi) is 6.13. The first-order valence-electron chi connectivity index (χ1n) is 9.04. The van der Waals surface area contributed by atoms with Gasteiger partial charge in [0.25, 0.3) is 5.91 Å². The van der Waals surface area contributed by atoms with Crippen LogP contribution in [0.4, 0.5) is 5.69 Å². The van der Waals surface area contributed by atoms with E-state index in [-0.39, 0.29) is 16.6 Å². The highest BCUT2D eigenvalue weighted by Gasteiger charge is 2.25. The van der Waals surface area contributed by atoms with Gasteiger partial charge in [0.2, 0.25) is 0 Å². The molecule has 1 amide bonds. The molecule has 0 saturated carbocycles. The van der Waals surface area contributed by atoms with Gasteiger partial charge in [0.15, 0.2) is 5.17 Å². The molecule has 3 aromatic rings.